The largest absolute Gasteiger partial charge is 0.489 e. The van der Waals surface area contributed by atoms with Gasteiger partial charge in [0.25, 0.3) is 5.91 Å². The van der Waals surface area contributed by atoms with Crippen LogP contribution >= 0.6 is 0 Å². The number of hydrogen-bond acceptors (Lipinski definition) is 4. The van der Waals surface area contributed by atoms with Crippen LogP contribution in [0.5, 0.6) is 11.5 Å². The van der Waals surface area contributed by atoms with Gasteiger partial charge < -0.3 is 20.1 Å². The van der Waals surface area contributed by atoms with Crippen molar-refractivity contribution in [3.8, 4) is 11.5 Å². The summed E-state index contributed by atoms with van der Waals surface area (Å²) in [6.07, 6.45) is 0. The molecule has 0 aliphatic heterocycles. The van der Waals surface area contributed by atoms with E-state index in [9.17, 15) is 14.0 Å². The van der Waals surface area contributed by atoms with Crippen LogP contribution in [-0.4, -0.2) is 24.5 Å². The van der Waals surface area contributed by atoms with Crippen molar-refractivity contribution < 1.29 is 23.5 Å². The van der Waals surface area contributed by atoms with Crippen molar-refractivity contribution in [3.05, 3.63) is 90.2 Å². The molecule has 0 radical (unpaired) electrons. The second-order valence-corrected chi connectivity index (χ2v) is 6.82. The van der Waals surface area contributed by atoms with Gasteiger partial charge in [0.05, 0.1) is 0 Å². The van der Waals surface area contributed by atoms with Gasteiger partial charge in [-0.2, -0.15) is 0 Å². The van der Waals surface area contributed by atoms with E-state index < -0.39 is 11.9 Å². The minimum absolute atomic E-state index is 0.186. The predicted molar refractivity (Wildman–Crippen MR) is 115 cm³/mol. The number of halogens is 1. The fourth-order valence-corrected chi connectivity index (χ4v) is 2.68. The van der Waals surface area contributed by atoms with E-state index in [4.69, 9.17) is 9.47 Å². The minimum Gasteiger partial charge on any atom is -0.489 e. The summed E-state index contributed by atoms with van der Waals surface area (Å²) < 4.78 is 24.0. The molecule has 7 heteroatoms. The molecular formula is C24H23FN2O4. The Morgan fingerprint density at radius 2 is 1.61 bits per heavy atom. The highest BCUT2D eigenvalue weighted by molar-refractivity contribution is 5.97. The molecule has 2 amide bonds. The van der Waals surface area contributed by atoms with E-state index >= 15 is 0 Å². The van der Waals surface area contributed by atoms with Gasteiger partial charge in [0.15, 0.2) is 6.61 Å². The molecule has 31 heavy (non-hydrogen) atoms. The van der Waals surface area contributed by atoms with Gasteiger partial charge in [-0.1, -0.05) is 36.4 Å². The van der Waals surface area contributed by atoms with Gasteiger partial charge >= 0.3 is 0 Å². The molecule has 0 saturated carbocycles. The maximum Gasteiger partial charge on any atom is 0.258 e. The Kier molecular flexibility index (Phi) is 7.59. The topological polar surface area (TPSA) is 76.7 Å². The van der Waals surface area contributed by atoms with Crippen LogP contribution in [0.2, 0.25) is 0 Å². The van der Waals surface area contributed by atoms with Gasteiger partial charge in [0.1, 0.15) is 30.0 Å². The minimum atomic E-state index is -0.754. The highest BCUT2D eigenvalue weighted by atomic mass is 19.1. The van der Waals surface area contributed by atoms with Gasteiger partial charge in [0.2, 0.25) is 5.91 Å². The SMILES string of the molecule is C[C@H](NC(=O)COc1ccccc1)C(=O)Nc1cccc(OCc2ccc(F)cc2)c1. The molecule has 0 heterocycles. The summed E-state index contributed by atoms with van der Waals surface area (Å²) in [6.45, 7) is 1.67. The number of hydrogen-bond donors (Lipinski definition) is 2. The smallest absolute Gasteiger partial charge is 0.258 e. The highest BCUT2D eigenvalue weighted by Gasteiger charge is 2.16. The van der Waals surface area contributed by atoms with Crippen molar-refractivity contribution in [3.63, 3.8) is 0 Å². The number of carbonyl (C=O) groups is 2. The van der Waals surface area contributed by atoms with Crippen molar-refractivity contribution >= 4 is 17.5 Å². The molecule has 0 spiro atoms. The predicted octanol–water partition coefficient (Wildman–Crippen LogP) is 3.93. The summed E-state index contributed by atoms with van der Waals surface area (Å²) >= 11 is 0. The van der Waals surface area contributed by atoms with Gasteiger partial charge in [0, 0.05) is 11.8 Å². The molecule has 0 aromatic heterocycles. The quantitative estimate of drug-likeness (QED) is 0.548. The van der Waals surface area contributed by atoms with Crippen LogP contribution in [0.1, 0.15) is 12.5 Å². The monoisotopic (exact) mass is 422 g/mol. The molecule has 0 unspecified atom stereocenters. The van der Waals surface area contributed by atoms with Gasteiger partial charge in [-0.15, -0.1) is 0 Å². The maximum atomic E-state index is 13.0. The lowest BCUT2D eigenvalue weighted by Crippen LogP contribution is -2.43. The van der Waals surface area contributed by atoms with E-state index in [0.717, 1.165) is 5.56 Å². The summed E-state index contributed by atoms with van der Waals surface area (Å²) in [5, 5.41) is 5.34. The molecule has 0 bridgehead atoms. The number of nitrogens with one attached hydrogen (secondary N) is 2. The third-order valence-electron chi connectivity index (χ3n) is 4.30. The Labute approximate surface area is 180 Å². The third kappa shape index (κ3) is 7.15. The number of ether oxygens (including phenoxy) is 2. The number of anilines is 1. The van der Waals surface area contributed by atoms with E-state index in [1.165, 1.54) is 12.1 Å². The third-order valence-corrected chi connectivity index (χ3v) is 4.30. The van der Waals surface area contributed by atoms with Crippen LogP contribution in [0.25, 0.3) is 0 Å². The first-order valence-electron chi connectivity index (χ1n) is 9.75. The van der Waals surface area contributed by atoms with Gasteiger partial charge in [-0.25, -0.2) is 4.39 Å². The summed E-state index contributed by atoms with van der Waals surface area (Å²) in [6, 6.07) is 21.1. The molecular weight excluding hydrogens is 399 g/mol. The lowest BCUT2D eigenvalue weighted by atomic mass is 10.2. The summed E-state index contributed by atoms with van der Waals surface area (Å²) in [7, 11) is 0. The highest BCUT2D eigenvalue weighted by Crippen LogP contribution is 2.19. The van der Waals surface area contributed by atoms with Crippen molar-refractivity contribution in [1.82, 2.24) is 5.32 Å². The number of amides is 2. The van der Waals surface area contributed by atoms with E-state index in [2.05, 4.69) is 10.6 Å². The summed E-state index contributed by atoms with van der Waals surface area (Å²) in [5.74, 6) is 0.0511. The zero-order chi connectivity index (χ0) is 22.1. The fourth-order valence-electron chi connectivity index (χ4n) is 2.68. The van der Waals surface area contributed by atoms with Crippen LogP contribution in [0.15, 0.2) is 78.9 Å². The van der Waals surface area contributed by atoms with E-state index in [0.29, 0.717) is 17.2 Å². The number of rotatable bonds is 9. The Hall–Kier alpha value is -3.87. The Bertz CT molecular complexity index is 1010. The van der Waals surface area contributed by atoms with Crippen LogP contribution in [-0.2, 0) is 16.2 Å². The van der Waals surface area contributed by atoms with Crippen LogP contribution in [0, 0.1) is 5.82 Å². The van der Waals surface area contributed by atoms with Gasteiger partial charge in [-0.05, 0) is 48.9 Å². The Morgan fingerprint density at radius 3 is 2.35 bits per heavy atom. The zero-order valence-electron chi connectivity index (χ0n) is 17.0. The van der Waals surface area contributed by atoms with Crippen LogP contribution < -0.4 is 20.1 Å². The molecule has 3 aromatic carbocycles. The molecule has 0 fully saturated rings. The normalized spacial score (nSPS) is 11.3. The second-order valence-electron chi connectivity index (χ2n) is 6.82. The van der Waals surface area contributed by atoms with E-state index in [-0.39, 0.29) is 24.9 Å². The maximum absolute atomic E-state index is 13.0. The van der Waals surface area contributed by atoms with Crippen molar-refractivity contribution in [2.45, 2.75) is 19.6 Å². The van der Waals surface area contributed by atoms with Crippen LogP contribution in [0.3, 0.4) is 0 Å². The molecule has 0 saturated heterocycles. The molecule has 6 nitrogen and oxygen atoms in total. The molecule has 160 valence electrons. The first kappa shape index (κ1) is 21.8. The Morgan fingerprint density at radius 1 is 0.903 bits per heavy atom. The average Bonchev–Trinajstić information content (AvgIpc) is 2.78. The Balaban J connectivity index is 1.47. The molecule has 0 aliphatic carbocycles. The molecule has 3 aromatic rings. The number of benzene rings is 3. The zero-order valence-corrected chi connectivity index (χ0v) is 17.0. The standard InChI is InChI=1S/C24H23FN2O4/c1-17(26-23(28)16-31-21-7-3-2-4-8-21)24(29)27-20-6-5-9-22(14-20)30-15-18-10-12-19(25)13-11-18/h2-14,17H,15-16H2,1H3,(H,26,28)(H,27,29)/t17-/m0/s1. The van der Waals surface area contributed by atoms with E-state index in [1.807, 2.05) is 6.07 Å². The van der Waals surface area contributed by atoms with Crippen molar-refractivity contribution in [2.24, 2.45) is 0 Å². The lowest BCUT2D eigenvalue weighted by molar-refractivity contribution is -0.127. The average molecular weight is 422 g/mol. The molecule has 1 atom stereocenters. The lowest BCUT2D eigenvalue weighted by Gasteiger charge is -2.15. The summed E-state index contributed by atoms with van der Waals surface area (Å²) in [5.41, 5.74) is 1.35. The first-order valence-corrected chi connectivity index (χ1v) is 9.75. The number of carbonyl (C=O) groups excluding carboxylic acids is 2. The first-order chi connectivity index (χ1) is 15.0. The second kappa shape index (κ2) is 10.8. The van der Waals surface area contributed by atoms with E-state index in [1.54, 1.807) is 67.6 Å². The summed E-state index contributed by atoms with van der Waals surface area (Å²) in [4.78, 5) is 24.4. The van der Waals surface area contributed by atoms with Crippen LogP contribution in [0.4, 0.5) is 10.1 Å². The van der Waals surface area contributed by atoms with Crippen molar-refractivity contribution in [2.75, 3.05) is 11.9 Å². The van der Waals surface area contributed by atoms with Gasteiger partial charge in [-0.3, -0.25) is 9.59 Å². The van der Waals surface area contributed by atoms with Crippen molar-refractivity contribution in [1.29, 1.82) is 0 Å². The molecule has 3 rings (SSSR count). The molecule has 0 aliphatic rings. The number of para-hydroxylation sites is 1. The fraction of sp³-hybridized carbons (Fsp3) is 0.167. The molecule has 2 N–H and O–H groups in total.